The lowest BCUT2D eigenvalue weighted by Gasteiger charge is -2.07. The molecule has 2 heteroatoms. The maximum Gasteiger partial charge on any atom is 0.0201 e. The van der Waals surface area contributed by atoms with Crippen molar-refractivity contribution in [3.63, 3.8) is 0 Å². The van der Waals surface area contributed by atoms with E-state index in [0.29, 0.717) is 0 Å². The van der Waals surface area contributed by atoms with Gasteiger partial charge in [-0.05, 0) is 24.0 Å². The fraction of sp³-hybridized carbons (Fsp3) is 0.400. The Morgan fingerprint density at radius 1 is 1.00 bits per heavy atom. The third-order valence-electron chi connectivity index (χ3n) is 2.37. The normalized spacial score (nSPS) is 18.4. The molecule has 0 aliphatic carbocycles. The predicted octanol–water partition coefficient (Wildman–Crippen LogP) is 2.44. The third kappa shape index (κ3) is 1.80. The molecule has 12 heavy (non-hydrogen) atoms. The quantitative estimate of drug-likeness (QED) is 0.518. The highest BCUT2D eigenvalue weighted by Gasteiger charge is 2.10. The van der Waals surface area contributed by atoms with Crippen molar-refractivity contribution in [1.82, 2.24) is 3.11 Å². The van der Waals surface area contributed by atoms with Gasteiger partial charge in [0.05, 0.1) is 0 Å². The highest BCUT2D eigenvalue weighted by Crippen LogP contribution is 2.16. The van der Waals surface area contributed by atoms with Gasteiger partial charge in [0.15, 0.2) is 0 Å². The Morgan fingerprint density at radius 2 is 1.50 bits per heavy atom. The molecule has 0 fully saturated rings. The van der Waals surface area contributed by atoms with Crippen LogP contribution in [-0.4, -0.2) is 16.2 Å². The van der Waals surface area contributed by atoms with Gasteiger partial charge in [-0.25, -0.2) is 3.11 Å². The van der Waals surface area contributed by atoms with E-state index in [-0.39, 0.29) is 0 Å². The van der Waals surface area contributed by atoms with Crippen LogP contribution in [0.4, 0.5) is 0 Å². The molecule has 1 aliphatic heterocycles. The number of fused-ring (bicyclic) bond motifs is 1. The summed E-state index contributed by atoms with van der Waals surface area (Å²) < 4.78 is 2.37. The van der Waals surface area contributed by atoms with E-state index in [1.165, 1.54) is 37.1 Å². The molecule has 0 atom stereocenters. The molecule has 0 unspecified atom stereocenters. The van der Waals surface area contributed by atoms with Gasteiger partial charge >= 0.3 is 0 Å². The van der Waals surface area contributed by atoms with E-state index >= 15 is 0 Å². The monoisotopic (exact) mass is 273 g/mol. The van der Waals surface area contributed by atoms with Crippen LogP contribution in [0.25, 0.3) is 0 Å². The lowest BCUT2D eigenvalue weighted by atomic mass is 10.0. The first kappa shape index (κ1) is 8.51. The number of hydrogen-bond acceptors (Lipinski definition) is 1. The van der Waals surface area contributed by atoms with E-state index in [1.807, 2.05) is 0 Å². The summed E-state index contributed by atoms with van der Waals surface area (Å²) in [5, 5.41) is 0. The Labute approximate surface area is 87.3 Å². The molecule has 0 bridgehead atoms. The number of hydrogen-bond donors (Lipinski definition) is 0. The fourth-order valence-corrected chi connectivity index (χ4v) is 2.12. The van der Waals surface area contributed by atoms with Crippen LogP contribution < -0.4 is 0 Å². The van der Waals surface area contributed by atoms with E-state index < -0.39 is 0 Å². The average Bonchev–Trinajstić information content (AvgIpc) is 2.29. The molecule has 0 saturated heterocycles. The molecule has 0 radical (unpaired) electrons. The van der Waals surface area contributed by atoms with Crippen LogP contribution in [0.3, 0.4) is 0 Å². The predicted molar refractivity (Wildman–Crippen MR) is 59.4 cm³/mol. The zero-order valence-corrected chi connectivity index (χ0v) is 9.12. The Morgan fingerprint density at radius 3 is 2.00 bits per heavy atom. The smallest absolute Gasteiger partial charge is 0.0201 e. The maximum atomic E-state index is 2.41. The largest absolute Gasteiger partial charge is 0.247 e. The zero-order valence-electron chi connectivity index (χ0n) is 6.96. The van der Waals surface area contributed by atoms with E-state index in [4.69, 9.17) is 0 Å². The minimum atomic E-state index is 1.19. The molecular weight excluding hydrogens is 261 g/mol. The first-order chi connectivity index (χ1) is 5.86. The molecule has 1 aromatic carbocycles. The number of rotatable bonds is 0. The summed E-state index contributed by atoms with van der Waals surface area (Å²) in [6, 6.07) is 8.79. The average molecular weight is 273 g/mol. The topological polar surface area (TPSA) is 3.24 Å². The minimum Gasteiger partial charge on any atom is -0.247 e. The van der Waals surface area contributed by atoms with Gasteiger partial charge in [0.25, 0.3) is 0 Å². The molecule has 0 saturated carbocycles. The highest BCUT2D eigenvalue weighted by atomic mass is 127. The molecule has 0 N–H and O–H groups in total. The van der Waals surface area contributed by atoms with E-state index in [0.717, 1.165) is 0 Å². The molecule has 1 aromatic rings. The lowest BCUT2D eigenvalue weighted by molar-refractivity contribution is 0.533. The summed E-state index contributed by atoms with van der Waals surface area (Å²) in [5.74, 6) is 0. The molecule has 0 amide bonds. The zero-order chi connectivity index (χ0) is 8.39. The van der Waals surface area contributed by atoms with Crippen LogP contribution in [0.15, 0.2) is 24.3 Å². The molecule has 1 nitrogen and oxygen atoms in total. The van der Waals surface area contributed by atoms with Crippen molar-refractivity contribution in [1.29, 1.82) is 0 Å². The van der Waals surface area contributed by atoms with Crippen LogP contribution in [0, 0.1) is 0 Å². The van der Waals surface area contributed by atoms with Gasteiger partial charge in [0, 0.05) is 36.0 Å². The first-order valence-electron chi connectivity index (χ1n) is 4.34. The molecule has 0 aromatic heterocycles. The maximum absolute atomic E-state index is 2.41. The summed E-state index contributed by atoms with van der Waals surface area (Å²) >= 11 is 2.41. The van der Waals surface area contributed by atoms with Gasteiger partial charge in [-0.3, -0.25) is 0 Å². The minimum absolute atomic E-state index is 1.19. The first-order valence-corrected chi connectivity index (χ1v) is 5.30. The second-order valence-electron chi connectivity index (χ2n) is 3.18. The summed E-state index contributed by atoms with van der Waals surface area (Å²) in [7, 11) is 0. The third-order valence-corrected chi connectivity index (χ3v) is 3.33. The SMILES string of the molecule is IN1CCc2ccccc2CC1. The Kier molecular flexibility index (Phi) is 2.66. The van der Waals surface area contributed by atoms with Crippen LogP contribution in [-0.2, 0) is 12.8 Å². The summed E-state index contributed by atoms with van der Waals surface area (Å²) in [6.45, 7) is 2.38. The fourth-order valence-electron chi connectivity index (χ4n) is 1.64. The van der Waals surface area contributed by atoms with Crippen molar-refractivity contribution in [3.8, 4) is 0 Å². The van der Waals surface area contributed by atoms with E-state index in [2.05, 4.69) is 50.2 Å². The Balaban J connectivity index is 2.26. The van der Waals surface area contributed by atoms with Crippen LogP contribution >= 0.6 is 22.9 Å². The van der Waals surface area contributed by atoms with E-state index in [1.54, 1.807) is 0 Å². The second kappa shape index (κ2) is 3.75. The molecular formula is C10H12IN. The van der Waals surface area contributed by atoms with Crippen molar-refractivity contribution in [2.75, 3.05) is 13.1 Å². The Bertz CT molecular complexity index is 245. The molecule has 1 heterocycles. The summed E-state index contributed by atoms with van der Waals surface area (Å²) in [4.78, 5) is 0. The van der Waals surface area contributed by atoms with Crippen LogP contribution in [0.1, 0.15) is 11.1 Å². The van der Waals surface area contributed by atoms with Crippen LogP contribution in [0.2, 0.25) is 0 Å². The van der Waals surface area contributed by atoms with Crippen molar-refractivity contribution in [2.24, 2.45) is 0 Å². The number of nitrogens with zero attached hydrogens (tertiary/aromatic N) is 1. The van der Waals surface area contributed by atoms with E-state index in [9.17, 15) is 0 Å². The van der Waals surface area contributed by atoms with Crippen molar-refractivity contribution in [3.05, 3.63) is 35.4 Å². The van der Waals surface area contributed by atoms with Crippen molar-refractivity contribution >= 4 is 22.9 Å². The Hall–Kier alpha value is -0.0900. The van der Waals surface area contributed by atoms with Crippen molar-refractivity contribution < 1.29 is 0 Å². The summed E-state index contributed by atoms with van der Waals surface area (Å²) in [5.41, 5.74) is 3.08. The standard InChI is InChI=1S/C10H12IN/c11-12-7-5-9-3-1-2-4-10(9)6-8-12/h1-4H,5-8H2. The van der Waals surface area contributed by atoms with Crippen molar-refractivity contribution in [2.45, 2.75) is 12.8 Å². The number of halogens is 1. The van der Waals surface area contributed by atoms with Gasteiger partial charge in [-0.2, -0.15) is 0 Å². The molecule has 2 rings (SSSR count). The van der Waals surface area contributed by atoms with Gasteiger partial charge in [-0.15, -0.1) is 0 Å². The molecule has 1 aliphatic rings. The van der Waals surface area contributed by atoms with Gasteiger partial charge in [-0.1, -0.05) is 24.3 Å². The second-order valence-corrected chi connectivity index (χ2v) is 4.54. The lowest BCUT2D eigenvalue weighted by Crippen LogP contribution is -2.13. The highest BCUT2D eigenvalue weighted by molar-refractivity contribution is 14.1. The van der Waals surface area contributed by atoms with Gasteiger partial charge in [0.1, 0.15) is 0 Å². The summed E-state index contributed by atoms with van der Waals surface area (Å²) in [6.07, 6.45) is 2.41. The number of benzene rings is 1. The van der Waals surface area contributed by atoms with Gasteiger partial charge < -0.3 is 0 Å². The molecule has 64 valence electrons. The van der Waals surface area contributed by atoms with Gasteiger partial charge in [0.2, 0.25) is 0 Å². The van der Waals surface area contributed by atoms with Crippen LogP contribution in [0.5, 0.6) is 0 Å². The molecule has 0 spiro atoms.